The summed E-state index contributed by atoms with van der Waals surface area (Å²) in [6.45, 7) is 5.57. The Morgan fingerprint density at radius 1 is 1.35 bits per heavy atom. The summed E-state index contributed by atoms with van der Waals surface area (Å²) in [7, 11) is 6.24. The first kappa shape index (κ1) is 16.4. The van der Waals surface area contributed by atoms with Gasteiger partial charge in [-0.1, -0.05) is 19.1 Å². The van der Waals surface area contributed by atoms with Crippen LogP contribution in [0.1, 0.15) is 36.5 Å². The van der Waals surface area contributed by atoms with E-state index in [0.29, 0.717) is 6.04 Å². The van der Waals surface area contributed by atoms with Gasteiger partial charge in [-0.3, -0.25) is 4.79 Å². The Morgan fingerprint density at radius 2 is 2.12 bits per heavy atom. The van der Waals surface area contributed by atoms with Crippen LogP contribution in [0.5, 0.6) is 5.75 Å². The molecule has 0 amide bonds. The number of hydrogen-bond donors (Lipinski definition) is 0. The van der Waals surface area contributed by atoms with E-state index in [-0.39, 0.29) is 22.7 Å². The van der Waals surface area contributed by atoms with E-state index >= 15 is 0 Å². The van der Waals surface area contributed by atoms with Gasteiger partial charge in [0.15, 0.2) is 6.10 Å². The van der Waals surface area contributed by atoms with E-state index in [1.54, 1.807) is 0 Å². The molecule has 1 aromatic rings. The number of rotatable bonds is 1. The van der Waals surface area contributed by atoms with Gasteiger partial charge in [-0.25, -0.2) is 0 Å². The molecule has 2 heterocycles. The molecule has 0 radical (unpaired) electrons. The maximum atomic E-state index is 13.5. The van der Waals surface area contributed by atoms with Crippen LogP contribution < -0.4 is 4.74 Å². The van der Waals surface area contributed by atoms with Crippen LogP contribution in [0.4, 0.5) is 0 Å². The van der Waals surface area contributed by atoms with Gasteiger partial charge in [0.1, 0.15) is 5.75 Å². The molecule has 1 saturated heterocycles. The number of ether oxygens (including phenoxy) is 1. The lowest BCUT2D eigenvalue weighted by Crippen LogP contribution is -2.71. The first-order valence-electron chi connectivity index (χ1n) is 9.71. The third-order valence-electron chi connectivity index (χ3n) is 7.66. The van der Waals surface area contributed by atoms with Gasteiger partial charge in [-0.05, 0) is 50.9 Å². The smallest absolute Gasteiger partial charge is 0.201 e. The zero-order chi connectivity index (χ0) is 18.4. The SMILES string of the molecule is Cc1ccc2c3c1O[C@H]1C(=O)C(=CN(C)C)C[C@@]4(C)[C@@H](C2)N(C)CC[C@]314. The second kappa shape index (κ2) is 4.92. The minimum Gasteiger partial charge on any atom is -0.481 e. The molecule has 5 rings (SSSR count). The molecule has 2 aliphatic heterocycles. The van der Waals surface area contributed by atoms with Crippen molar-refractivity contribution in [1.82, 2.24) is 9.80 Å². The topological polar surface area (TPSA) is 32.8 Å². The van der Waals surface area contributed by atoms with Crippen molar-refractivity contribution in [2.45, 2.75) is 50.7 Å². The maximum absolute atomic E-state index is 13.5. The fraction of sp³-hybridized carbons (Fsp3) is 0.591. The predicted molar refractivity (Wildman–Crippen MR) is 102 cm³/mol. The molecule has 138 valence electrons. The van der Waals surface area contributed by atoms with Gasteiger partial charge in [0.05, 0.1) is 5.41 Å². The van der Waals surface area contributed by atoms with Gasteiger partial charge in [0.25, 0.3) is 0 Å². The van der Waals surface area contributed by atoms with Crippen LogP contribution in [-0.2, 0) is 16.6 Å². The Kier molecular flexibility index (Phi) is 3.10. The maximum Gasteiger partial charge on any atom is 0.201 e. The summed E-state index contributed by atoms with van der Waals surface area (Å²) < 4.78 is 6.51. The van der Waals surface area contributed by atoms with Crippen molar-refractivity contribution >= 4 is 5.78 Å². The van der Waals surface area contributed by atoms with E-state index in [2.05, 4.69) is 37.9 Å². The van der Waals surface area contributed by atoms with Crippen molar-refractivity contribution in [3.63, 3.8) is 0 Å². The number of nitrogens with zero attached hydrogens (tertiary/aromatic N) is 2. The number of piperidine rings is 1. The van der Waals surface area contributed by atoms with Crippen molar-refractivity contribution < 1.29 is 9.53 Å². The van der Waals surface area contributed by atoms with Crippen molar-refractivity contribution in [2.75, 3.05) is 27.7 Å². The van der Waals surface area contributed by atoms with Crippen molar-refractivity contribution in [2.24, 2.45) is 5.41 Å². The first-order valence-corrected chi connectivity index (χ1v) is 9.71. The standard InChI is InChI=1S/C22H28N2O2/c1-13-6-7-14-10-16-21(2)11-15(12-23(3)4)18(25)20-22(21,8-9-24(16)5)17(14)19(13)26-20/h6-7,12,16,20H,8-11H2,1-5H3/t16-,20+,21+,22+/m1/s1. The molecule has 0 aromatic heterocycles. The molecule has 4 nitrogen and oxygen atoms in total. The highest BCUT2D eigenvalue weighted by Crippen LogP contribution is 2.68. The van der Waals surface area contributed by atoms with Gasteiger partial charge in [0, 0.05) is 42.9 Å². The van der Waals surface area contributed by atoms with Gasteiger partial charge < -0.3 is 14.5 Å². The van der Waals surface area contributed by atoms with E-state index < -0.39 is 0 Å². The Labute approximate surface area is 155 Å². The summed E-state index contributed by atoms with van der Waals surface area (Å²) in [6.07, 6.45) is 4.55. The third kappa shape index (κ3) is 1.67. The van der Waals surface area contributed by atoms with Crippen molar-refractivity contribution in [1.29, 1.82) is 0 Å². The highest BCUT2D eigenvalue weighted by Gasteiger charge is 2.71. The van der Waals surface area contributed by atoms with E-state index in [4.69, 9.17) is 4.74 Å². The number of carbonyl (C=O) groups is 1. The molecule has 4 aliphatic rings. The van der Waals surface area contributed by atoms with Crippen LogP contribution in [0.2, 0.25) is 0 Å². The van der Waals surface area contributed by atoms with Crippen LogP contribution in [0.25, 0.3) is 0 Å². The molecule has 4 atom stereocenters. The molecule has 26 heavy (non-hydrogen) atoms. The summed E-state index contributed by atoms with van der Waals surface area (Å²) in [5.41, 5.74) is 4.71. The number of carbonyl (C=O) groups excluding carboxylic acids is 1. The van der Waals surface area contributed by atoms with Crippen LogP contribution >= 0.6 is 0 Å². The molecule has 4 heteroatoms. The Morgan fingerprint density at radius 3 is 2.85 bits per heavy atom. The van der Waals surface area contributed by atoms with E-state index in [0.717, 1.165) is 42.7 Å². The number of hydrogen-bond acceptors (Lipinski definition) is 4. The fourth-order valence-electron chi connectivity index (χ4n) is 6.52. The lowest BCUT2D eigenvalue weighted by atomic mass is 9.43. The van der Waals surface area contributed by atoms with Gasteiger partial charge in [0.2, 0.25) is 5.78 Å². The van der Waals surface area contributed by atoms with Gasteiger partial charge in [-0.15, -0.1) is 0 Å². The van der Waals surface area contributed by atoms with Crippen LogP contribution in [0, 0.1) is 12.3 Å². The monoisotopic (exact) mass is 352 g/mol. The average molecular weight is 352 g/mol. The molecule has 1 spiro atoms. The quantitative estimate of drug-likeness (QED) is 0.728. The summed E-state index contributed by atoms with van der Waals surface area (Å²) in [6, 6.07) is 4.90. The zero-order valence-electron chi connectivity index (χ0n) is 16.4. The van der Waals surface area contributed by atoms with Gasteiger partial charge >= 0.3 is 0 Å². The number of aryl methyl sites for hydroxylation is 1. The molecule has 1 aromatic carbocycles. The van der Waals surface area contributed by atoms with Crippen molar-refractivity contribution in [3.8, 4) is 5.75 Å². The molecule has 2 fully saturated rings. The first-order chi connectivity index (χ1) is 12.3. The molecule has 2 bridgehead atoms. The van der Waals surface area contributed by atoms with E-state index in [9.17, 15) is 4.79 Å². The number of Topliss-reactive ketones (excluding diaryl/α,β-unsaturated/α-hetero) is 1. The van der Waals surface area contributed by atoms with Crippen LogP contribution in [0.15, 0.2) is 23.9 Å². The lowest BCUT2D eigenvalue weighted by molar-refractivity contribution is -0.142. The summed E-state index contributed by atoms with van der Waals surface area (Å²) in [5, 5.41) is 0. The second-order valence-corrected chi connectivity index (χ2v) is 9.24. The molecule has 2 aliphatic carbocycles. The molecule has 0 unspecified atom stereocenters. The number of benzene rings is 1. The number of likely N-dealkylation sites (tertiary alicyclic amines) is 1. The summed E-state index contributed by atoms with van der Waals surface area (Å²) in [4.78, 5) is 18.0. The summed E-state index contributed by atoms with van der Waals surface area (Å²) in [5.74, 6) is 1.20. The van der Waals surface area contributed by atoms with Gasteiger partial charge in [-0.2, -0.15) is 0 Å². The highest BCUT2D eigenvalue weighted by molar-refractivity contribution is 6.03. The largest absolute Gasteiger partial charge is 0.481 e. The number of ketones is 1. The minimum atomic E-state index is -0.362. The third-order valence-corrected chi connectivity index (χ3v) is 7.66. The highest BCUT2D eigenvalue weighted by atomic mass is 16.5. The lowest BCUT2D eigenvalue weighted by Gasteiger charge is -2.63. The normalized spacial score (nSPS) is 39.0. The predicted octanol–water partition coefficient (Wildman–Crippen LogP) is 2.68. The Hall–Kier alpha value is -1.81. The Bertz CT molecular complexity index is 858. The average Bonchev–Trinajstić information content (AvgIpc) is 2.92. The molecular weight excluding hydrogens is 324 g/mol. The van der Waals surface area contributed by atoms with E-state index in [1.807, 2.05) is 25.2 Å². The minimum absolute atomic E-state index is 0.0203. The van der Waals surface area contributed by atoms with Crippen LogP contribution in [-0.4, -0.2) is 55.4 Å². The molecular formula is C22H28N2O2. The van der Waals surface area contributed by atoms with E-state index in [1.165, 1.54) is 11.1 Å². The molecule has 0 N–H and O–H groups in total. The van der Waals surface area contributed by atoms with Crippen LogP contribution in [0.3, 0.4) is 0 Å². The zero-order valence-corrected chi connectivity index (χ0v) is 16.4. The molecule has 1 saturated carbocycles. The van der Waals surface area contributed by atoms with Crippen molar-refractivity contribution in [3.05, 3.63) is 40.6 Å². The number of likely N-dealkylation sites (N-methyl/N-ethyl adjacent to an activating group) is 1. The fourth-order valence-corrected chi connectivity index (χ4v) is 6.52. The summed E-state index contributed by atoms with van der Waals surface area (Å²) >= 11 is 0. The Balaban J connectivity index is 1.81. The second-order valence-electron chi connectivity index (χ2n) is 9.24.